The minimum absolute atomic E-state index is 0.00482. The van der Waals surface area contributed by atoms with Crippen molar-refractivity contribution in [1.82, 2.24) is 50.3 Å². The van der Waals surface area contributed by atoms with Crippen LogP contribution in [0.25, 0.3) is 22.9 Å². The molecule has 0 bridgehead atoms. The van der Waals surface area contributed by atoms with Gasteiger partial charge in [-0.3, -0.25) is 15.0 Å². The van der Waals surface area contributed by atoms with E-state index in [-0.39, 0.29) is 58.8 Å². The van der Waals surface area contributed by atoms with E-state index in [9.17, 15) is 53.9 Å². The van der Waals surface area contributed by atoms with Crippen LogP contribution in [0.2, 0.25) is 0 Å². The number of rotatable bonds is 18. The topological polar surface area (TPSA) is 284 Å². The second-order valence-corrected chi connectivity index (χ2v) is 28.9. The zero-order valence-corrected chi connectivity index (χ0v) is 57.0. The second kappa shape index (κ2) is 29.0. The molecule has 546 valence electrons. The molecule has 6 aliphatic rings. The molecule has 0 unspecified atom stereocenters. The van der Waals surface area contributed by atoms with Crippen LogP contribution in [0.4, 0.5) is 49.1 Å². The first-order valence-electron chi connectivity index (χ1n) is 33.4. The summed E-state index contributed by atoms with van der Waals surface area (Å²) in [6, 6.07) is 37.1. The fourth-order valence-corrected chi connectivity index (χ4v) is 12.1. The number of carboxylic acids is 1. The molecule has 8 aromatic rings. The summed E-state index contributed by atoms with van der Waals surface area (Å²) in [4.78, 5) is 58.6. The van der Waals surface area contributed by atoms with E-state index >= 15 is 0 Å². The summed E-state index contributed by atoms with van der Waals surface area (Å²) >= 11 is 0. The molecule has 5 heterocycles. The molecule has 21 nitrogen and oxygen atoms in total. The van der Waals surface area contributed by atoms with Crippen molar-refractivity contribution < 1.29 is 82.7 Å². The molecule has 2 amide bonds. The molecule has 3 aromatic carbocycles. The maximum absolute atomic E-state index is 13.2. The summed E-state index contributed by atoms with van der Waals surface area (Å²) in [5.74, 6) is 1.33. The Bertz CT molecular complexity index is 4250. The average molecular weight is 1440 g/mol. The summed E-state index contributed by atoms with van der Waals surface area (Å²) in [6.07, 6.45) is -3.39. The van der Waals surface area contributed by atoms with Gasteiger partial charge in [-0.1, -0.05) is 106 Å². The number of alkyl halides is 9. The van der Waals surface area contributed by atoms with E-state index in [1.165, 1.54) is 28.8 Å². The highest BCUT2D eigenvalue weighted by atomic mass is 19.4. The van der Waals surface area contributed by atoms with Gasteiger partial charge in [-0.05, 0) is 152 Å². The summed E-state index contributed by atoms with van der Waals surface area (Å²) < 4.78 is 134. The monoisotopic (exact) mass is 1440 g/mol. The number of hydrogen-bond donors (Lipinski definition) is 4. The van der Waals surface area contributed by atoms with Crippen molar-refractivity contribution in [2.24, 2.45) is 16.3 Å². The fraction of sp³-hybridized carbons (Fsp3) is 0.438. The number of halogens is 9. The summed E-state index contributed by atoms with van der Waals surface area (Å²) in [6.45, 7) is 12.7. The Kier molecular flexibility index (Phi) is 20.9. The van der Waals surface area contributed by atoms with E-state index in [1.807, 2.05) is 84.0 Å². The Hall–Kier alpha value is -10.0. The first kappa shape index (κ1) is 74.2. The number of carbonyl (C=O) groups excluding carboxylic acids is 2. The van der Waals surface area contributed by atoms with E-state index in [4.69, 9.17) is 34.6 Å². The van der Waals surface area contributed by atoms with Gasteiger partial charge in [-0.25, -0.2) is 14.4 Å². The van der Waals surface area contributed by atoms with Gasteiger partial charge in [0.25, 0.3) is 11.8 Å². The Morgan fingerprint density at radius 3 is 1.29 bits per heavy atom. The molecule has 0 saturated heterocycles. The second-order valence-electron chi connectivity index (χ2n) is 28.9. The highest BCUT2D eigenvalue weighted by Crippen LogP contribution is 2.54. The molecular formula is C73H77F9N12O9. The van der Waals surface area contributed by atoms with E-state index in [0.29, 0.717) is 66.0 Å². The molecule has 5 N–H and O–H groups in total. The van der Waals surface area contributed by atoms with Gasteiger partial charge >= 0.3 is 36.7 Å². The molecule has 0 spiro atoms. The molecule has 0 radical (unpaired) electrons. The highest BCUT2D eigenvalue weighted by molar-refractivity contribution is 5.89. The van der Waals surface area contributed by atoms with Crippen LogP contribution >= 0.6 is 0 Å². The number of aromatic nitrogens is 7. The van der Waals surface area contributed by atoms with Gasteiger partial charge in [0, 0.05) is 84.9 Å². The zero-order chi connectivity index (χ0) is 74.1. The number of amides is 2. The lowest BCUT2D eigenvalue weighted by atomic mass is 10.0. The lowest BCUT2D eigenvalue weighted by molar-refractivity contribution is -0.142. The van der Waals surface area contributed by atoms with Crippen LogP contribution in [0.3, 0.4) is 0 Å². The summed E-state index contributed by atoms with van der Waals surface area (Å²) in [5, 5.41) is 32.4. The number of oxime groups is 1. The maximum atomic E-state index is 13.2. The van der Waals surface area contributed by atoms with Gasteiger partial charge in [0.1, 0.15) is 34.1 Å². The number of amidine groups is 1. The lowest BCUT2D eigenvalue weighted by Crippen LogP contribution is -2.45. The van der Waals surface area contributed by atoms with E-state index in [1.54, 1.807) is 9.80 Å². The Morgan fingerprint density at radius 2 is 0.942 bits per heavy atom. The van der Waals surface area contributed by atoms with Gasteiger partial charge < -0.3 is 49.7 Å². The predicted octanol–water partition coefficient (Wildman–Crippen LogP) is 15.4. The number of aromatic carboxylic acids is 1. The first-order valence-corrected chi connectivity index (χ1v) is 33.4. The maximum Gasteiger partial charge on any atom is 0.433 e. The lowest BCUT2D eigenvalue weighted by Gasteiger charge is -2.30. The van der Waals surface area contributed by atoms with Crippen LogP contribution in [0.5, 0.6) is 0 Å². The number of pyridine rings is 3. The average Bonchev–Trinajstić information content (AvgIpc) is 1.59. The van der Waals surface area contributed by atoms with Crippen molar-refractivity contribution in [3.8, 4) is 22.9 Å². The van der Waals surface area contributed by atoms with Crippen LogP contribution in [0.1, 0.15) is 173 Å². The van der Waals surface area contributed by atoms with Gasteiger partial charge in [0.15, 0.2) is 11.6 Å². The molecule has 6 fully saturated rings. The largest absolute Gasteiger partial charge is 0.478 e. The molecule has 103 heavy (non-hydrogen) atoms. The van der Waals surface area contributed by atoms with Gasteiger partial charge in [-0.15, -0.1) is 0 Å². The summed E-state index contributed by atoms with van der Waals surface area (Å²) in [5.41, 5.74) is 4.78. The third-order valence-corrected chi connectivity index (χ3v) is 18.6. The third kappa shape index (κ3) is 18.8. The number of nitrogens with two attached hydrogens (primary N) is 1. The van der Waals surface area contributed by atoms with Crippen molar-refractivity contribution in [3.63, 3.8) is 0 Å². The zero-order valence-electron chi connectivity index (χ0n) is 57.0. The Balaban J connectivity index is 0.000000144. The van der Waals surface area contributed by atoms with Crippen molar-refractivity contribution in [2.45, 2.75) is 176 Å². The number of ether oxygens (including phenoxy) is 2. The first-order chi connectivity index (χ1) is 48.6. The minimum atomic E-state index is -4.53. The minimum Gasteiger partial charge on any atom is -0.478 e. The van der Waals surface area contributed by atoms with Crippen LogP contribution in [0.15, 0.2) is 160 Å². The van der Waals surface area contributed by atoms with Crippen molar-refractivity contribution in [3.05, 3.63) is 197 Å². The molecule has 5 aromatic heterocycles. The molecular weight excluding hydrogens is 1360 g/mol. The highest BCUT2D eigenvalue weighted by Gasteiger charge is 2.57. The fourth-order valence-electron chi connectivity index (χ4n) is 12.1. The Labute approximate surface area is 586 Å². The van der Waals surface area contributed by atoms with Crippen molar-refractivity contribution in [2.75, 3.05) is 19.6 Å². The van der Waals surface area contributed by atoms with Crippen molar-refractivity contribution >= 4 is 24.0 Å². The standard InChI is InChI=1S/C26H27F3N4O3.C21H19F3N4O.C19H27N3O3.C7H4F3NO2/c1-24(2,3)35-23(34)33(19-13-18(19)16-7-5-4-6-8-16)15-25(11-12-25)22-31-21(36-32-22)17-9-10-20(30-14-17)26(27,28)29;22-21(23,24)17-7-6-14(11-25-17)18-27-19(28-29-18)20(8-9-20)12-26-16-10-15(16)13-4-2-1-3-5-13;1-18(2,3)25-17(23)22(12-19(9-10-19)16(20)21-24)15-11-14(15)13-7-5-4-6-8-13;8-7(9,10)5-2-1-4(3-11-5)6(12)13/h4-10,14,18-19H,11-13,15H2,1-3H3;1-7,11,15-16,26H,8-10,12H2;4-8,14-15,24H,9-12H2,1-3H3,(H2,20,21);1-3H,(H,12,13)/t18-,19+;15-,16+;14-,15+;/m111./s1. The SMILES string of the molecule is CC(C)(C)OC(=O)N(CC1(C(N)=NO)CC1)[C@H]1C[C@@H]1c1ccccc1.CC(C)(C)OC(=O)N(CC1(c2noc(-c3ccc(C(F)(F)F)nc3)n2)CC1)[C@H]1C[C@@H]1c1ccccc1.FC(F)(F)c1ccc(-c2nc(C3(CN[C@H]4C[C@@H]4c4ccccc4)CC3)no2)cn1.O=C(O)c1ccc(C(F)(F)F)nc1. The molecule has 6 aliphatic carbocycles. The number of carbonyl (C=O) groups is 3. The smallest absolute Gasteiger partial charge is 0.433 e. The van der Waals surface area contributed by atoms with Crippen molar-refractivity contribution in [1.29, 1.82) is 0 Å². The molecule has 14 rings (SSSR count). The third-order valence-electron chi connectivity index (χ3n) is 18.6. The molecule has 30 heteroatoms. The summed E-state index contributed by atoms with van der Waals surface area (Å²) in [7, 11) is 0. The number of nitrogens with zero attached hydrogens (tertiary/aromatic N) is 10. The quantitative estimate of drug-likeness (QED) is 0.0204. The Morgan fingerprint density at radius 1 is 0.544 bits per heavy atom. The molecule has 0 aliphatic heterocycles. The van der Waals surface area contributed by atoms with Crippen LogP contribution < -0.4 is 11.1 Å². The van der Waals surface area contributed by atoms with Gasteiger partial charge in [0.05, 0.1) is 22.1 Å². The van der Waals surface area contributed by atoms with Crippen LogP contribution in [-0.2, 0) is 38.8 Å². The molecule has 6 atom stereocenters. The number of carboxylic acid groups (broad SMARTS) is 1. The van der Waals surface area contributed by atoms with E-state index < -0.39 is 63.6 Å². The van der Waals surface area contributed by atoms with E-state index in [0.717, 1.165) is 94.9 Å². The number of hydrogen-bond acceptors (Lipinski definition) is 17. The van der Waals surface area contributed by atoms with E-state index in [2.05, 4.69) is 94.2 Å². The number of benzene rings is 3. The van der Waals surface area contributed by atoms with Crippen LogP contribution in [0, 0.1) is 5.41 Å². The molecule has 6 saturated carbocycles. The van der Waals surface area contributed by atoms with Gasteiger partial charge in [-0.2, -0.15) is 49.5 Å². The van der Waals surface area contributed by atoms with Crippen LogP contribution in [-0.4, -0.2) is 128 Å². The normalized spacial score (nSPS) is 20.9. The van der Waals surface area contributed by atoms with Gasteiger partial charge in [0.2, 0.25) is 0 Å². The number of nitrogens with one attached hydrogen (secondary N) is 1. The predicted molar refractivity (Wildman–Crippen MR) is 355 cm³/mol.